The molecule has 0 aromatic carbocycles. The van der Waals surface area contributed by atoms with E-state index < -0.39 is 0 Å². The second kappa shape index (κ2) is 6.70. The zero-order valence-corrected chi connectivity index (χ0v) is 11.9. The molecule has 0 radical (unpaired) electrons. The van der Waals surface area contributed by atoms with Gasteiger partial charge in [0.25, 0.3) is 0 Å². The van der Waals surface area contributed by atoms with Crippen molar-refractivity contribution in [2.45, 2.75) is 51.9 Å². The Hall–Kier alpha value is -1.36. The number of anilines is 2. The lowest BCUT2D eigenvalue weighted by Gasteiger charge is -2.13. The third-order valence-electron chi connectivity index (χ3n) is 3.74. The Labute approximate surface area is 115 Å². The minimum atomic E-state index is 0.295. The van der Waals surface area contributed by atoms with Gasteiger partial charge in [-0.1, -0.05) is 39.5 Å². The fraction of sp³-hybridized carbons (Fsp3) is 0.714. The molecule has 0 bridgehead atoms. The van der Waals surface area contributed by atoms with Gasteiger partial charge >= 0.3 is 0 Å². The highest BCUT2D eigenvalue weighted by atomic mass is 15.3. The molecule has 0 unspecified atom stereocenters. The summed E-state index contributed by atoms with van der Waals surface area (Å²) in [6, 6.07) is 1.86. The molecule has 0 atom stereocenters. The molecule has 0 aliphatic heterocycles. The molecule has 5 nitrogen and oxygen atoms in total. The van der Waals surface area contributed by atoms with Crippen LogP contribution in [-0.4, -0.2) is 16.5 Å². The highest BCUT2D eigenvalue weighted by Crippen LogP contribution is 2.27. The van der Waals surface area contributed by atoms with Crippen molar-refractivity contribution in [2.75, 3.05) is 17.3 Å². The molecular formula is C14H25N5. The maximum absolute atomic E-state index is 5.45. The Kier molecular flexibility index (Phi) is 4.96. The van der Waals surface area contributed by atoms with Gasteiger partial charge in [-0.3, -0.25) is 0 Å². The van der Waals surface area contributed by atoms with Gasteiger partial charge in [0, 0.05) is 18.5 Å². The van der Waals surface area contributed by atoms with E-state index in [4.69, 9.17) is 5.84 Å². The largest absolute Gasteiger partial charge is 0.370 e. The molecule has 1 aliphatic rings. The van der Waals surface area contributed by atoms with Crippen LogP contribution in [0.2, 0.25) is 0 Å². The van der Waals surface area contributed by atoms with Gasteiger partial charge in [-0.25, -0.2) is 15.8 Å². The molecule has 1 fully saturated rings. The number of hydrogen-bond donors (Lipinski definition) is 3. The van der Waals surface area contributed by atoms with E-state index in [1.165, 1.54) is 32.1 Å². The van der Waals surface area contributed by atoms with Crippen molar-refractivity contribution in [1.82, 2.24) is 9.97 Å². The third kappa shape index (κ3) is 4.06. The number of nitrogen functional groups attached to an aromatic ring is 1. The highest BCUT2D eigenvalue weighted by molar-refractivity contribution is 5.47. The first kappa shape index (κ1) is 14.1. The van der Waals surface area contributed by atoms with Crippen molar-refractivity contribution in [1.29, 1.82) is 0 Å². The fourth-order valence-electron chi connectivity index (χ4n) is 2.59. The van der Waals surface area contributed by atoms with Gasteiger partial charge in [-0.2, -0.15) is 0 Å². The lowest BCUT2D eigenvalue weighted by atomic mass is 10.0. The van der Waals surface area contributed by atoms with Crippen LogP contribution in [0, 0.1) is 5.92 Å². The molecule has 5 heteroatoms. The molecule has 1 saturated carbocycles. The summed E-state index contributed by atoms with van der Waals surface area (Å²) in [5.74, 6) is 8.99. The quantitative estimate of drug-likeness (QED) is 0.543. The van der Waals surface area contributed by atoms with Crippen molar-refractivity contribution >= 4 is 11.6 Å². The fourth-order valence-corrected chi connectivity index (χ4v) is 2.59. The van der Waals surface area contributed by atoms with Crippen LogP contribution in [0.5, 0.6) is 0 Å². The number of nitrogens with two attached hydrogens (primary N) is 1. The van der Waals surface area contributed by atoms with Gasteiger partial charge in [0.2, 0.25) is 0 Å². The molecular weight excluding hydrogens is 238 g/mol. The van der Waals surface area contributed by atoms with Crippen molar-refractivity contribution < 1.29 is 0 Å². The Morgan fingerprint density at radius 3 is 2.58 bits per heavy atom. The summed E-state index contributed by atoms with van der Waals surface area (Å²) in [6.07, 6.45) is 6.80. The number of hydrogen-bond acceptors (Lipinski definition) is 5. The lowest BCUT2D eigenvalue weighted by Crippen LogP contribution is -2.14. The third-order valence-corrected chi connectivity index (χ3v) is 3.74. The van der Waals surface area contributed by atoms with Gasteiger partial charge in [-0.15, -0.1) is 0 Å². The molecule has 0 amide bonds. The maximum atomic E-state index is 5.45. The lowest BCUT2D eigenvalue weighted by molar-refractivity contribution is 0.518. The van der Waals surface area contributed by atoms with Gasteiger partial charge in [0.05, 0.1) is 0 Å². The SMILES string of the molecule is CC(C)c1nc(NN)cc(NCCC2CCCC2)n1. The Balaban J connectivity index is 1.92. The Morgan fingerprint density at radius 1 is 1.26 bits per heavy atom. The average Bonchev–Trinajstić information content (AvgIpc) is 2.91. The van der Waals surface area contributed by atoms with E-state index in [9.17, 15) is 0 Å². The van der Waals surface area contributed by atoms with Crippen LogP contribution in [0.4, 0.5) is 11.6 Å². The summed E-state index contributed by atoms with van der Waals surface area (Å²) in [7, 11) is 0. The van der Waals surface area contributed by atoms with E-state index in [0.717, 1.165) is 24.1 Å². The molecule has 1 aromatic heterocycles. The minimum absolute atomic E-state index is 0.295. The van der Waals surface area contributed by atoms with Crippen LogP contribution >= 0.6 is 0 Å². The first-order valence-electron chi connectivity index (χ1n) is 7.28. The molecule has 19 heavy (non-hydrogen) atoms. The molecule has 2 rings (SSSR count). The van der Waals surface area contributed by atoms with E-state index in [1.807, 2.05) is 6.07 Å². The molecule has 0 spiro atoms. The highest BCUT2D eigenvalue weighted by Gasteiger charge is 2.14. The normalized spacial score (nSPS) is 16.0. The predicted octanol–water partition coefficient (Wildman–Crippen LogP) is 2.88. The van der Waals surface area contributed by atoms with Crippen LogP contribution < -0.4 is 16.6 Å². The minimum Gasteiger partial charge on any atom is -0.370 e. The standard InChI is InChI=1S/C14H25N5/c1-10(2)14-17-12(9-13(18-14)19-15)16-8-7-11-5-3-4-6-11/h9-11H,3-8,15H2,1-2H3,(H2,16,17,18,19). The van der Waals surface area contributed by atoms with E-state index in [1.54, 1.807) is 0 Å². The summed E-state index contributed by atoms with van der Waals surface area (Å²) in [6.45, 7) is 5.14. The summed E-state index contributed by atoms with van der Waals surface area (Å²) in [4.78, 5) is 8.88. The summed E-state index contributed by atoms with van der Waals surface area (Å²) >= 11 is 0. The van der Waals surface area contributed by atoms with Crippen LogP contribution in [0.1, 0.15) is 57.7 Å². The monoisotopic (exact) mass is 263 g/mol. The van der Waals surface area contributed by atoms with Gasteiger partial charge < -0.3 is 10.7 Å². The molecule has 4 N–H and O–H groups in total. The van der Waals surface area contributed by atoms with Crippen molar-refractivity contribution in [3.8, 4) is 0 Å². The first-order chi connectivity index (χ1) is 9.19. The molecule has 1 heterocycles. The van der Waals surface area contributed by atoms with Gasteiger partial charge in [0.15, 0.2) is 0 Å². The number of hydrazine groups is 1. The topological polar surface area (TPSA) is 75.9 Å². The molecule has 106 valence electrons. The van der Waals surface area contributed by atoms with E-state index in [2.05, 4.69) is 34.6 Å². The number of nitrogens with zero attached hydrogens (tertiary/aromatic N) is 2. The Morgan fingerprint density at radius 2 is 1.95 bits per heavy atom. The summed E-state index contributed by atoms with van der Waals surface area (Å²) < 4.78 is 0. The maximum Gasteiger partial charge on any atom is 0.145 e. The number of nitrogens with one attached hydrogen (secondary N) is 2. The van der Waals surface area contributed by atoms with Crippen LogP contribution in [0.25, 0.3) is 0 Å². The average molecular weight is 263 g/mol. The Bertz CT molecular complexity index is 399. The zero-order valence-electron chi connectivity index (χ0n) is 11.9. The number of aromatic nitrogens is 2. The second-order valence-electron chi connectivity index (χ2n) is 5.66. The number of rotatable bonds is 6. The summed E-state index contributed by atoms with van der Waals surface area (Å²) in [5, 5.41) is 3.39. The first-order valence-corrected chi connectivity index (χ1v) is 7.28. The van der Waals surface area contributed by atoms with E-state index in [0.29, 0.717) is 11.7 Å². The molecule has 0 saturated heterocycles. The van der Waals surface area contributed by atoms with Gasteiger partial charge in [0.1, 0.15) is 17.5 Å². The van der Waals surface area contributed by atoms with Crippen molar-refractivity contribution in [3.05, 3.63) is 11.9 Å². The molecule has 1 aliphatic carbocycles. The van der Waals surface area contributed by atoms with Crippen molar-refractivity contribution in [3.63, 3.8) is 0 Å². The molecule has 1 aromatic rings. The van der Waals surface area contributed by atoms with Crippen LogP contribution in [0.15, 0.2) is 6.07 Å². The van der Waals surface area contributed by atoms with Crippen LogP contribution in [-0.2, 0) is 0 Å². The van der Waals surface area contributed by atoms with E-state index >= 15 is 0 Å². The zero-order chi connectivity index (χ0) is 13.7. The smallest absolute Gasteiger partial charge is 0.145 e. The second-order valence-corrected chi connectivity index (χ2v) is 5.66. The van der Waals surface area contributed by atoms with Gasteiger partial charge in [-0.05, 0) is 12.3 Å². The van der Waals surface area contributed by atoms with Crippen molar-refractivity contribution in [2.24, 2.45) is 11.8 Å². The van der Waals surface area contributed by atoms with E-state index in [-0.39, 0.29) is 0 Å². The summed E-state index contributed by atoms with van der Waals surface area (Å²) in [5.41, 5.74) is 2.60. The predicted molar refractivity (Wildman–Crippen MR) is 79.0 cm³/mol. The van der Waals surface area contributed by atoms with Crippen LogP contribution in [0.3, 0.4) is 0 Å².